The van der Waals surface area contributed by atoms with Crippen molar-refractivity contribution < 1.29 is 137 Å². The first-order chi connectivity index (χ1) is 38.9. The normalized spacial score (nSPS) is 12.5. The molecule has 0 fully saturated rings. The van der Waals surface area contributed by atoms with Gasteiger partial charge in [-0.05, 0) is 36.4 Å². The van der Waals surface area contributed by atoms with Crippen LogP contribution in [0.4, 0.5) is 123 Å². The van der Waals surface area contributed by atoms with E-state index in [9.17, 15) is 87.8 Å². The number of para-hydroxylation sites is 1. The quantitative estimate of drug-likeness (QED) is 0.0271. The maximum atomic E-state index is 16.0. The lowest BCUT2D eigenvalue weighted by Gasteiger charge is -2.49. The fourth-order valence-corrected chi connectivity index (χ4v) is 11.1. The van der Waals surface area contributed by atoms with Crippen LogP contribution in [0.5, 0.6) is 5.75 Å². The van der Waals surface area contributed by atoms with Crippen molar-refractivity contribution in [2.45, 2.75) is 39.4 Å². The van der Waals surface area contributed by atoms with Crippen LogP contribution in [0.2, 0.25) is 0 Å². The van der Waals surface area contributed by atoms with Gasteiger partial charge in [-0.25, -0.2) is 70.2 Å². The summed E-state index contributed by atoms with van der Waals surface area (Å²) in [4.78, 5) is 3.74. The van der Waals surface area contributed by atoms with Crippen LogP contribution in [-0.4, -0.2) is 39.7 Å². The van der Waals surface area contributed by atoms with E-state index in [0.29, 0.717) is 26.4 Å². The van der Waals surface area contributed by atoms with Crippen LogP contribution in [0.25, 0.3) is 0 Å². The van der Waals surface area contributed by atoms with Gasteiger partial charge in [-0.1, -0.05) is 48.5 Å². The number of ether oxygens (including phenoxy) is 3. The van der Waals surface area contributed by atoms with E-state index in [1.807, 2.05) is 12.1 Å². The third-order valence-electron chi connectivity index (χ3n) is 12.0. The summed E-state index contributed by atoms with van der Waals surface area (Å²) < 4.78 is 434. The highest BCUT2D eigenvalue weighted by atomic mass is 32.2. The summed E-state index contributed by atoms with van der Waals surface area (Å²) in [5.41, 5.74) is -38.1. The minimum absolute atomic E-state index is 0.222. The molecule has 0 unspecified atom stereocenters. The summed E-state index contributed by atoms with van der Waals surface area (Å²) in [6, 6.07) is 29.5. The summed E-state index contributed by atoms with van der Waals surface area (Å²) in [6.07, 6.45) is -39.5. The summed E-state index contributed by atoms with van der Waals surface area (Å²) in [7, 11) is 1.45. The molecule has 0 amide bonds. The molecule has 7 rings (SSSR count). The second-order valence-corrected chi connectivity index (χ2v) is 18.9. The molecule has 0 aliphatic heterocycles. The fourth-order valence-electron chi connectivity index (χ4n) is 8.89. The highest BCUT2D eigenvalue weighted by Crippen LogP contribution is 2.44. The van der Waals surface area contributed by atoms with Gasteiger partial charge < -0.3 is 14.2 Å². The Morgan fingerprint density at radius 2 is 0.583 bits per heavy atom. The zero-order chi connectivity index (χ0) is 63.1. The average Bonchev–Trinajstić information content (AvgIpc) is 0.785. The second kappa shape index (κ2) is 24.7. The lowest BCUT2D eigenvalue weighted by Crippen LogP contribution is -2.82. The molecule has 0 radical (unpaired) electrons. The van der Waals surface area contributed by atoms with E-state index in [1.165, 1.54) is 14.7 Å². The van der Waals surface area contributed by atoms with E-state index >= 15 is 35.1 Å². The van der Waals surface area contributed by atoms with Crippen LogP contribution in [0, 0.1) is 93.1 Å². The Morgan fingerprint density at radius 3 is 0.869 bits per heavy atom. The molecule has 0 aliphatic carbocycles. The predicted octanol–water partition coefficient (Wildman–Crippen LogP) is 14.2. The number of alkyl halides is 12. The van der Waals surface area contributed by atoms with E-state index in [4.69, 9.17) is 14.2 Å². The Kier molecular flexibility index (Phi) is 19.4. The lowest BCUT2D eigenvalue weighted by molar-refractivity contribution is -0.140. The van der Waals surface area contributed by atoms with E-state index in [1.54, 1.807) is 7.11 Å². The van der Waals surface area contributed by atoms with Gasteiger partial charge in [0, 0.05) is 7.11 Å². The van der Waals surface area contributed by atoms with Gasteiger partial charge in [0.1, 0.15) is 46.9 Å². The van der Waals surface area contributed by atoms with E-state index in [0.717, 1.165) is 5.75 Å². The Labute approximate surface area is 454 Å². The smallest absolute Gasteiger partial charge is 0.416 e. The van der Waals surface area contributed by atoms with Crippen LogP contribution < -0.4 is 26.6 Å². The van der Waals surface area contributed by atoms with Crippen molar-refractivity contribution in [3.05, 3.63) is 200 Å². The third-order valence-corrected chi connectivity index (χ3v) is 14.3. The molecule has 33 heteroatoms. The average molecular weight is 1260 g/mol. The Morgan fingerprint density at radius 1 is 0.321 bits per heavy atom. The van der Waals surface area contributed by atoms with Crippen molar-refractivity contribution in [3.8, 4) is 5.75 Å². The van der Waals surface area contributed by atoms with Crippen molar-refractivity contribution in [2.75, 3.05) is 33.5 Å². The standard InChI is InChI=1S/C28BF28.C23H25O3S/c30-9-1(25(46,47)48)5(13(34)21(42)17(9)38)29(6-2(26(49,50)51)10(31)18(39)22(43)14(6)35,7-3(27(52,53)54)11(32)19(40)23(44)15(7)36)8-4(28(55,56)57)12(33)20(41)24(45)16(8)37;1-24-16-17-25-18-19-26-22-14-8-9-15-23(22)27(20-10-4-2-5-11-20)21-12-6-3-7-13-21/h;2-15H,16-19H2,1H3/q-1;+1. The van der Waals surface area contributed by atoms with E-state index < -0.39 is 168 Å². The van der Waals surface area contributed by atoms with Crippen molar-refractivity contribution in [2.24, 2.45) is 0 Å². The van der Waals surface area contributed by atoms with Gasteiger partial charge in [-0.3, -0.25) is 0 Å². The highest BCUT2D eigenvalue weighted by Gasteiger charge is 2.60. The molecule has 0 saturated heterocycles. The maximum Gasteiger partial charge on any atom is 0.416 e. The molecule has 7 aromatic rings. The molecule has 84 heavy (non-hydrogen) atoms. The molecule has 452 valence electrons. The number of methoxy groups -OCH3 is 1. The summed E-state index contributed by atoms with van der Waals surface area (Å²) in [5.74, 6) is -68.9. The van der Waals surface area contributed by atoms with Gasteiger partial charge in [0.25, 0.3) is 0 Å². The van der Waals surface area contributed by atoms with Crippen molar-refractivity contribution in [1.82, 2.24) is 0 Å². The Bertz CT molecular complexity index is 3220. The maximum absolute atomic E-state index is 16.0. The Hall–Kier alpha value is -7.29. The second-order valence-electron chi connectivity index (χ2n) is 16.9. The van der Waals surface area contributed by atoms with Crippen LogP contribution in [0.1, 0.15) is 22.3 Å². The molecule has 3 nitrogen and oxygen atoms in total. The summed E-state index contributed by atoms with van der Waals surface area (Å²) in [6.45, 7) is 2.24. The van der Waals surface area contributed by atoms with Crippen molar-refractivity contribution in [1.29, 1.82) is 0 Å². The van der Waals surface area contributed by atoms with Gasteiger partial charge in [0.05, 0.1) is 42.1 Å². The number of hydrogen-bond acceptors (Lipinski definition) is 3. The van der Waals surface area contributed by atoms with E-state index in [2.05, 4.69) is 72.8 Å². The zero-order valence-electron chi connectivity index (χ0n) is 40.7. The SMILES string of the molecule is COCCOCCOc1ccccc1[S+](c1ccccc1)c1ccccc1.Fc1c(F)c(F)c(C(F)(F)F)c([B-](c2c(F)c(F)c(F)c(F)c2C(F)(F)F)(c2c(F)c(F)c(F)c(F)c2C(F)(F)F)c2c(F)c(F)c(F)c(F)c2C(F)(F)F)c1F. The van der Waals surface area contributed by atoms with Gasteiger partial charge in [-0.2, -0.15) is 52.7 Å². The number of benzene rings is 7. The van der Waals surface area contributed by atoms with Crippen LogP contribution in [0.15, 0.2) is 99.6 Å². The number of rotatable bonds is 14. The van der Waals surface area contributed by atoms with Gasteiger partial charge in [-0.15, -0.1) is 21.9 Å². The number of halogens is 28. The highest BCUT2D eigenvalue weighted by molar-refractivity contribution is 7.97. The minimum Gasteiger partial charge on any atom is -0.486 e. The van der Waals surface area contributed by atoms with Crippen molar-refractivity contribution in [3.63, 3.8) is 0 Å². The molecule has 7 aromatic carbocycles. The molecule has 0 aliphatic rings. The van der Waals surface area contributed by atoms with E-state index in [-0.39, 0.29) is 10.9 Å². The number of hydrogen-bond donors (Lipinski definition) is 0. The van der Waals surface area contributed by atoms with Crippen LogP contribution >= 0.6 is 0 Å². The van der Waals surface area contributed by atoms with Gasteiger partial charge in [0.15, 0.2) is 85.3 Å². The molecule has 0 spiro atoms. The Balaban J connectivity index is 0.000000347. The largest absolute Gasteiger partial charge is 0.486 e. The summed E-state index contributed by atoms with van der Waals surface area (Å²) >= 11 is 0. The molecular weight excluding hydrogens is 1240 g/mol. The summed E-state index contributed by atoms with van der Waals surface area (Å²) in [5, 5.41) is 0. The van der Waals surface area contributed by atoms with Gasteiger partial charge in [0.2, 0.25) is 4.90 Å². The minimum atomic E-state index is -8.89. The van der Waals surface area contributed by atoms with Gasteiger partial charge >= 0.3 is 24.7 Å². The fraction of sp³-hybridized carbons (Fsp3) is 0.176. The van der Waals surface area contributed by atoms with Crippen LogP contribution in [-0.2, 0) is 45.1 Å². The molecule has 0 N–H and O–H groups in total. The molecule has 0 aromatic heterocycles. The molecule has 0 heterocycles. The zero-order valence-corrected chi connectivity index (χ0v) is 41.5. The molecule has 0 atom stereocenters. The first-order valence-electron chi connectivity index (χ1n) is 22.5. The lowest BCUT2D eigenvalue weighted by atomic mass is 9.11. The first kappa shape index (κ1) is 65.9. The first-order valence-corrected chi connectivity index (χ1v) is 23.7. The monoisotopic (exact) mass is 1260 g/mol. The third kappa shape index (κ3) is 12.0. The topological polar surface area (TPSA) is 27.7 Å². The van der Waals surface area contributed by atoms with Crippen LogP contribution in [0.3, 0.4) is 0 Å². The predicted molar refractivity (Wildman–Crippen MR) is 239 cm³/mol. The molecule has 0 saturated carbocycles. The molecule has 0 bridgehead atoms. The molecular formula is C51H25BF28O3S. The van der Waals surface area contributed by atoms with Crippen molar-refractivity contribution >= 4 is 38.9 Å².